The van der Waals surface area contributed by atoms with Gasteiger partial charge in [0.1, 0.15) is 4.88 Å². The molecule has 1 fully saturated rings. The minimum absolute atomic E-state index is 0.434. The first-order chi connectivity index (χ1) is 7.66. The minimum Gasteiger partial charge on any atom is -0.477 e. The molecule has 2 rings (SSSR count). The maximum absolute atomic E-state index is 10.7. The molecule has 1 aromatic heterocycles. The van der Waals surface area contributed by atoms with Crippen molar-refractivity contribution in [2.45, 2.75) is 19.0 Å². The van der Waals surface area contributed by atoms with E-state index in [1.165, 1.54) is 29.3 Å². The van der Waals surface area contributed by atoms with E-state index >= 15 is 0 Å². The lowest BCUT2D eigenvalue weighted by atomic mass is 10.2. The predicted molar refractivity (Wildman–Crippen MR) is 68.5 cm³/mol. The highest BCUT2D eigenvalue weighted by Crippen LogP contribution is 2.24. The summed E-state index contributed by atoms with van der Waals surface area (Å²) in [7, 11) is 2.12. The lowest BCUT2D eigenvalue weighted by Gasteiger charge is -2.22. The first kappa shape index (κ1) is 12.0. The molecule has 1 saturated heterocycles. The molecule has 5 heteroatoms. The molecule has 1 aromatic rings. The smallest absolute Gasteiger partial charge is 0.345 e. The Labute approximate surface area is 103 Å². The van der Waals surface area contributed by atoms with Crippen LogP contribution in [-0.2, 0) is 6.54 Å². The van der Waals surface area contributed by atoms with Gasteiger partial charge >= 0.3 is 5.97 Å². The number of nitrogens with zero attached hydrogens (tertiary/aromatic N) is 1. The lowest BCUT2D eigenvalue weighted by molar-refractivity contribution is 0.0702. The van der Waals surface area contributed by atoms with E-state index in [1.54, 1.807) is 6.07 Å². The van der Waals surface area contributed by atoms with Gasteiger partial charge in [-0.15, -0.1) is 11.3 Å². The van der Waals surface area contributed by atoms with Crippen molar-refractivity contribution < 1.29 is 9.90 Å². The fraction of sp³-hybridized carbons (Fsp3) is 0.545. The first-order valence-corrected chi connectivity index (χ1v) is 7.24. The highest BCUT2D eigenvalue weighted by Gasteiger charge is 2.20. The van der Waals surface area contributed by atoms with E-state index in [4.69, 9.17) is 5.11 Å². The summed E-state index contributed by atoms with van der Waals surface area (Å²) in [5.41, 5.74) is 0. The number of carboxylic acids is 1. The van der Waals surface area contributed by atoms with Gasteiger partial charge in [-0.2, -0.15) is 11.8 Å². The summed E-state index contributed by atoms with van der Waals surface area (Å²) >= 11 is 3.38. The summed E-state index contributed by atoms with van der Waals surface area (Å²) in [6.45, 7) is 0.864. The molecule has 2 heterocycles. The fourth-order valence-corrected chi connectivity index (χ4v) is 4.03. The number of hydrogen-bond donors (Lipinski definition) is 1. The van der Waals surface area contributed by atoms with E-state index in [0.29, 0.717) is 10.9 Å². The largest absolute Gasteiger partial charge is 0.477 e. The van der Waals surface area contributed by atoms with E-state index in [2.05, 4.69) is 11.9 Å². The number of thioether (sulfide) groups is 1. The van der Waals surface area contributed by atoms with Gasteiger partial charge in [0.2, 0.25) is 0 Å². The molecule has 16 heavy (non-hydrogen) atoms. The van der Waals surface area contributed by atoms with Crippen LogP contribution in [-0.4, -0.2) is 40.6 Å². The van der Waals surface area contributed by atoms with Crippen molar-refractivity contribution in [1.82, 2.24) is 4.90 Å². The predicted octanol–water partition coefficient (Wildman–Crippen LogP) is 2.38. The molecule has 1 aliphatic rings. The van der Waals surface area contributed by atoms with Crippen molar-refractivity contribution in [3.8, 4) is 0 Å². The maximum Gasteiger partial charge on any atom is 0.345 e. The second-order valence-electron chi connectivity index (χ2n) is 4.00. The van der Waals surface area contributed by atoms with Gasteiger partial charge in [0.05, 0.1) is 0 Å². The standard InChI is InChI=1S/C11H15NO2S2/c1-12(8-4-5-15-7-8)6-9-2-3-10(16-9)11(13)14/h2-3,8H,4-7H2,1H3,(H,13,14). The Morgan fingerprint density at radius 3 is 3.00 bits per heavy atom. The van der Waals surface area contributed by atoms with Crippen LogP contribution in [0.15, 0.2) is 12.1 Å². The van der Waals surface area contributed by atoms with Crippen LogP contribution in [0.25, 0.3) is 0 Å². The van der Waals surface area contributed by atoms with E-state index in [1.807, 2.05) is 17.8 Å². The van der Waals surface area contributed by atoms with E-state index in [9.17, 15) is 4.79 Å². The van der Waals surface area contributed by atoms with Gasteiger partial charge in [0.25, 0.3) is 0 Å². The van der Waals surface area contributed by atoms with Crippen molar-refractivity contribution in [1.29, 1.82) is 0 Å². The molecule has 1 atom stereocenters. The molecular formula is C11H15NO2S2. The molecular weight excluding hydrogens is 242 g/mol. The van der Waals surface area contributed by atoms with Crippen LogP contribution >= 0.6 is 23.1 Å². The second-order valence-corrected chi connectivity index (χ2v) is 6.32. The van der Waals surface area contributed by atoms with Gasteiger partial charge in [-0.25, -0.2) is 4.79 Å². The monoisotopic (exact) mass is 257 g/mol. The Bertz CT molecular complexity index is 372. The van der Waals surface area contributed by atoms with Gasteiger partial charge < -0.3 is 5.11 Å². The van der Waals surface area contributed by atoms with Gasteiger partial charge in [-0.05, 0) is 31.4 Å². The molecule has 3 nitrogen and oxygen atoms in total. The zero-order valence-corrected chi connectivity index (χ0v) is 10.8. The maximum atomic E-state index is 10.7. The topological polar surface area (TPSA) is 40.5 Å². The summed E-state index contributed by atoms with van der Waals surface area (Å²) in [6, 6.07) is 4.27. The molecule has 1 aliphatic heterocycles. The van der Waals surface area contributed by atoms with E-state index in [0.717, 1.165) is 11.4 Å². The molecule has 0 bridgehead atoms. The van der Waals surface area contributed by atoms with Gasteiger partial charge in [-0.1, -0.05) is 0 Å². The lowest BCUT2D eigenvalue weighted by Crippen LogP contribution is -2.30. The van der Waals surface area contributed by atoms with Crippen molar-refractivity contribution in [2.75, 3.05) is 18.6 Å². The normalized spacial score (nSPS) is 20.5. The average molecular weight is 257 g/mol. The number of hydrogen-bond acceptors (Lipinski definition) is 4. The summed E-state index contributed by atoms with van der Waals surface area (Å²) in [4.78, 5) is 14.7. The number of thiophene rings is 1. The second kappa shape index (κ2) is 5.21. The van der Waals surface area contributed by atoms with Gasteiger partial charge in [0.15, 0.2) is 0 Å². The number of carboxylic acid groups (broad SMARTS) is 1. The molecule has 0 aliphatic carbocycles. The minimum atomic E-state index is -0.824. The van der Waals surface area contributed by atoms with Crippen molar-refractivity contribution in [2.24, 2.45) is 0 Å². The molecule has 88 valence electrons. The zero-order chi connectivity index (χ0) is 11.5. The van der Waals surface area contributed by atoms with Gasteiger partial charge in [-0.3, -0.25) is 4.90 Å². The van der Waals surface area contributed by atoms with Crippen molar-refractivity contribution in [3.05, 3.63) is 21.9 Å². The summed E-state index contributed by atoms with van der Waals surface area (Å²) in [5, 5.41) is 8.84. The average Bonchev–Trinajstić information content (AvgIpc) is 2.87. The number of carbonyl (C=O) groups is 1. The Kier molecular flexibility index (Phi) is 3.89. The van der Waals surface area contributed by atoms with Crippen LogP contribution in [0, 0.1) is 0 Å². The Morgan fingerprint density at radius 2 is 2.44 bits per heavy atom. The SMILES string of the molecule is CN(Cc1ccc(C(=O)O)s1)C1CCSC1. The third-order valence-electron chi connectivity index (χ3n) is 2.81. The van der Waals surface area contributed by atoms with Crippen LogP contribution in [0.4, 0.5) is 0 Å². The third-order valence-corrected chi connectivity index (χ3v) is 5.01. The third kappa shape index (κ3) is 2.78. The highest BCUT2D eigenvalue weighted by molar-refractivity contribution is 7.99. The van der Waals surface area contributed by atoms with Crippen LogP contribution in [0.2, 0.25) is 0 Å². The van der Waals surface area contributed by atoms with E-state index in [-0.39, 0.29) is 0 Å². The van der Waals surface area contributed by atoms with Gasteiger partial charge in [0, 0.05) is 23.2 Å². The molecule has 1 N–H and O–H groups in total. The van der Waals surface area contributed by atoms with Crippen LogP contribution in [0.1, 0.15) is 21.0 Å². The Morgan fingerprint density at radius 1 is 1.62 bits per heavy atom. The summed E-state index contributed by atoms with van der Waals surface area (Å²) < 4.78 is 0. The summed E-state index contributed by atoms with van der Waals surface area (Å²) in [6.07, 6.45) is 1.25. The fourth-order valence-electron chi connectivity index (χ4n) is 1.82. The number of rotatable bonds is 4. The summed E-state index contributed by atoms with van der Waals surface area (Å²) in [5.74, 6) is 1.63. The molecule has 0 amide bonds. The quantitative estimate of drug-likeness (QED) is 0.899. The van der Waals surface area contributed by atoms with Crippen molar-refractivity contribution >= 4 is 29.1 Å². The molecule has 0 radical (unpaired) electrons. The zero-order valence-electron chi connectivity index (χ0n) is 9.18. The Hall–Kier alpha value is -0.520. The Balaban J connectivity index is 1.94. The highest BCUT2D eigenvalue weighted by atomic mass is 32.2. The first-order valence-electron chi connectivity index (χ1n) is 5.27. The van der Waals surface area contributed by atoms with Crippen LogP contribution in [0.3, 0.4) is 0 Å². The van der Waals surface area contributed by atoms with Crippen LogP contribution in [0.5, 0.6) is 0 Å². The molecule has 0 saturated carbocycles. The van der Waals surface area contributed by atoms with Crippen molar-refractivity contribution in [3.63, 3.8) is 0 Å². The number of aromatic carboxylic acids is 1. The van der Waals surface area contributed by atoms with E-state index < -0.39 is 5.97 Å². The molecule has 0 aromatic carbocycles. The molecule has 1 unspecified atom stereocenters. The molecule has 0 spiro atoms. The van der Waals surface area contributed by atoms with Crippen LogP contribution < -0.4 is 0 Å².